The molecule has 132 valence electrons. The molecule has 0 atom stereocenters. The van der Waals surface area contributed by atoms with Crippen LogP contribution >= 0.6 is 0 Å². The van der Waals surface area contributed by atoms with Gasteiger partial charge in [-0.05, 0) is 49.8 Å². The molecule has 0 spiro atoms. The van der Waals surface area contributed by atoms with Crippen LogP contribution in [-0.2, 0) is 13.0 Å². The first-order valence-electron chi connectivity index (χ1n) is 9.35. The van der Waals surface area contributed by atoms with E-state index in [1.54, 1.807) is 0 Å². The quantitative estimate of drug-likeness (QED) is 0.933. The van der Waals surface area contributed by atoms with E-state index in [0.717, 1.165) is 69.4 Å². The van der Waals surface area contributed by atoms with Crippen LogP contribution in [0.15, 0.2) is 30.3 Å². The first-order valence-corrected chi connectivity index (χ1v) is 9.35. The Hall–Kier alpha value is -2.14. The van der Waals surface area contributed by atoms with E-state index >= 15 is 0 Å². The molecule has 2 aliphatic heterocycles. The summed E-state index contributed by atoms with van der Waals surface area (Å²) in [5.74, 6) is 2.60. The summed E-state index contributed by atoms with van der Waals surface area (Å²) < 4.78 is 0. The summed E-state index contributed by atoms with van der Waals surface area (Å²) in [6, 6.07) is 10.8. The van der Waals surface area contributed by atoms with Crippen LogP contribution in [0.3, 0.4) is 0 Å². The molecule has 1 fully saturated rings. The SMILES string of the molecule is Cc1cc(N2CCC(CN)CC2)nc(N2CCc3ccccc3C2)n1. The summed E-state index contributed by atoms with van der Waals surface area (Å²) >= 11 is 0. The average molecular weight is 337 g/mol. The lowest BCUT2D eigenvalue weighted by Crippen LogP contribution is -2.37. The molecule has 5 heteroatoms. The van der Waals surface area contributed by atoms with Gasteiger partial charge in [0.2, 0.25) is 5.95 Å². The summed E-state index contributed by atoms with van der Waals surface area (Å²) in [4.78, 5) is 14.3. The number of aromatic nitrogens is 2. The van der Waals surface area contributed by atoms with Crippen LogP contribution in [0.25, 0.3) is 0 Å². The minimum Gasteiger partial charge on any atom is -0.356 e. The second-order valence-electron chi connectivity index (χ2n) is 7.27. The highest BCUT2D eigenvalue weighted by atomic mass is 15.3. The Morgan fingerprint density at radius 1 is 1.04 bits per heavy atom. The van der Waals surface area contributed by atoms with Crippen LogP contribution in [0.2, 0.25) is 0 Å². The Balaban J connectivity index is 1.54. The molecule has 5 nitrogen and oxygen atoms in total. The average Bonchev–Trinajstić information content (AvgIpc) is 2.67. The second kappa shape index (κ2) is 7.00. The standard InChI is InChI=1S/C20H27N5/c1-15-12-19(24-9-6-16(13-21)7-10-24)23-20(22-15)25-11-8-17-4-2-3-5-18(17)14-25/h2-5,12,16H,6-11,13-14,21H2,1H3. The lowest BCUT2D eigenvalue weighted by molar-refractivity contribution is 0.413. The van der Waals surface area contributed by atoms with Crippen molar-refractivity contribution in [3.63, 3.8) is 0 Å². The summed E-state index contributed by atoms with van der Waals surface area (Å²) in [5.41, 5.74) is 9.71. The summed E-state index contributed by atoms with van der Waals surface area (Å²) in [6.07, 6.45) is 3.38. The maximum absolute atomic E-state index is 5.82. The van der Waals surface area contributed by atoms with Gasteiger partial charge in [-0.15, -0.1) is 0 Å². The number of aryl methyl sites for hydroxylation is 1. The molecule has 0 saturated carbocycles. The zero-order chi connectivity index (χ0) is 17.2. The van der Waals surface area contributed by atoms with Gasteiger partial charge < -0.3 is 15.5 Å². The van der Waals surface area contributed by atoms with E-state index in [9.17, 15) is 0 Å². The van der Waals surface area contributed by atoms with E-state index in [1.807, 2.05) is 0 Å². The van der Waals surface area contributed by atoms with Crippen molar-refractivity contribution in [1.29, 1.82) is 0 Å². The van der Waals surface area contributed by atoms with E-state index in [0.29, 0.717) is 5.92 Å². The fraction of sp³-hybridized carbons (Fsp3) is 0.500. The van der Waals surface area contributed by atoms with E-state index in [-0.39, 0.29) is 0 Å². The summed E-state index contributed by atoms with van der Waals surface area (Å²) in [5, 5.41) is 0. The maximum Gasteiger partial charge on any atom is 0.227 e. The van der Waals surface area contributed by atoms with Gasteiger partial charge in [0.1, 0.15) is 5.82 Å². The van der Waals surface area contributed by atoms with Crippen LogP contribution in [0.1, 0.15) is 29.7 Å². The van der Waals surface area contributed by atoms with Crippen molar-refractivity contribution in [3.05, 3.63) is 47.2 Å². The third kappa shape index (κ3) is 3.47. The number of rotatable bonds is 3. The van der Waals surface area contributed by atoms with Crippen molar-refractivity contribution in [3.8, 4) is 0 Å². The molecule has 4 rings (SSSR count). The van der Waals surface area contributed by atoms with Crippen molar-refractivity contribution < 1.29 is 0 Å². The number of fused-ring (bicyclic) bond motifs is 1. The zero-order valence-electron chi connectivity index (χ0n) is 15.0. The first kappa shape index (κ1) is 16.3. The highest BCUT2D eigenvalue weighted by Gasteiger charge is 2.22. The number of benzene rings is 1. The van der Waals surface area contributed by atoms with Gasteiger partial charge in [-0.2, -0.15) is 4.98 Å². The van der Waals surface area contributed by atoms with Gasteiger partial charge in [-0.25, -0.2) is 4.98 Å². The van der Waals surface area contributed by atoms with E-state index < -0.39 is 0 Å². The lowest BCUT2D eigenvalue weighted by atomic mass is 9.97. The van der Waals surface area contributed by atoms with Crippen LogP contribution in [0.5, 0.6) is 0 Å². The molecule has 0 unspecified atom stereocenters. The molecule has 0 radical (unpaired) electrons. The fourth-order valence-electron chi connectivity index (χ4n) is 3.90. The minimum absolute atomic E-state index is 0.664. The molecule has 1 saturated heterocycles. The predicted molar refractivity (Wildman–Crippen MR) is 102 cm³/mol. The van der Waals surface area contributed by atoms with Gasteiger partial charge in [0.05, 0.1) is 0 Å². The van der Waals surface area contributed by atoms with Crippen LogP contribution in [0.4, 0.5) is 11.8 Å². The second-order valence-corrected chi connectivity index (χ2v) is 7.27. The van der Waals surface area contributed by atoms with Crippen molar-refractivity contribution in [2.24, 2.45) is 11.7 Å². The first-order chi connectivity index (χ1) is 12.2. The van der Waals surface area contributed by atoms with Crippen molar-refractivity contribution in [2.45, 2.75) is 32.7 Å². The Labute approximate surface area is 149 Å². The smallest absolute Gasteiger partial charge is 0.227 e. The zero-order valence-corrected chi connectivity index (χ0v) is 15.0. The molecule has 3 heterocycles. The lowest BCUT2D eigenvalue weighted by Gasteiger charge is -2.34. The van der Waals surface area contributed by atoms with Gasteiger partial charge in [-0.3, -0.25) is 0 Å². The Kier molecular flexibility index (Phi) is 4.57. The van der Waals surface area contributed by atoms with E-state index in [1.165, 1.54) is 11.1 Å². The molecular weight excluding hydrogens is 310 g/mol. The monoisotopic (exact) mass is 337 g/mol. The highest BCUT2D eigenvalue weighted by molar-refractivity contribution is 5.48. The summed E-state index contributed by atoms with van der Waals surface area (Å²) in [6.45, 7) is 6.83. The molecule has 1 aromatic heterocycles. The number of nitrogens with two attached hydrogens (primary N) is 1. The highest BCUT2D eigenvalue weighted by Crippen LogP contribution is 2.26. The number of hydrogen-bond acceptors (Lipinski definition) is 5. The molecule has 0 amide bonds. The molecule has 2 aromatic rings. The summed E-state index contributed by atoms with van der Waals surface area (Å²) in [7, 11) is 0. The molecular formula is C20H27N5. The maximum atomic E-state index is 5.82. The third-order valence-electron chi connectivity index (χ3n) is 5.51. The predicted octanol–water partition coefficient (Wildman–Crippen LogP) is 2.52. The number of anilines is 2. The number of hydrogen-bond donors (Lipinski definition) is 1. The largest absolute Gasteiger partial charge is 0.356 e. The van der Waals surface area contributed by atoms with Gasteiger partial charge in [0, 0.05) is 37.9 Å². The van der Waals surface area contributed by atoms with Gasteiger partial charge in [0.15, 0.2) is 0 Å². The van der Waals surface area contributed by atoms with Crippen LogP contribution in [0, 0.1) is 12.8 Å². The molecule has 25 heavy (non-hydrogen) atoms. The van der Waals surface area contributed by atoms with Gasteiger partial charge in [-0.1, -0.05) is 24.3 Å². The molecule has 0 aliphatic carbocycles. The Morgan fingerprint density at radius 2 is 1.80 bits per heavy atom. The van der Waals surface area contributed by atoms with E-state index in [4.69, 9.17) is 15.7 Å². The molecule has 1 aromatic carbocycles. The number of nitrogens with zero attached hydrogens (tertiary/aromatic N) is 4. The van der Waals surface area contributed by atoms with Crippen molar-refractivity contribution >= 4 is 11.8 Å². The Morgan fingerprint density at radius 3 is 2.56 bits per heavy atom. The van der Waals surface area contributed by atoms with Crippen LogP contribution in [-0.4, -0.2) is 36.1 Å². The Bertz CT molecular complexity index is 737. The van der Waals surface area contributed by atoms with E-state index in [2.05, 4.69) is 47.1 Å². The molecule has 2 aliphatic rings. The molecule has 0 bridgehead atoms. The fourth-order valence-corrected chi connectivity index (χ4v) is 3.90. The molecule has 2 N–H and O–H groups in total. The van der Waals surface area contributed by atoms with Crippen LogP contribution < -0.4 is 15.5 Å². The van der Waals surface area contributed by atoms with Crippen molar-refractivity contribution in [1.82, 2.24) is 9.97 Å². The topological polar surface area (TPSA) is 58.3 Å². The minimum atomic E-state index is 0.664. The third-order valence-corrected chi connectivity index (χ3v) is 5.51. The van der Waals surface area contributed by atoms with Gasteiger partial charge >= 0.3 is 0 Å². The van der Waals surface area contributed by atoms with Crippen molar-refractivity contribution in [2.75, 3.05) is 36.0 Å². The van der Waals surface area contributed by atoms with Gasteiger partial charge in [0.25, 0.3) is 0 Å². The number of piperidine rings is 1. The normalized spacial score (nSPS) is 18.3.